The normalized spacial score (nSPS) is 9.76. The highest BCUT2D eigenvalue weighted by Crippen LogP contribution is 2.24. The SMILES string of the molecule is CCCC(=O)NC(=S)Nc1ccc(N)cc1Br. The number of anilines is 2. The number of amides is 1. The van der Waals surface area contributed by atoms with E-state index in [-0.39, 0.29) is 11.0 Å². The van der Waals surface area contributed by atoms with Crippen LogP contribution < -0.4 is 16.4 Å². The summed E-state index contributed by atoms with van der Waals surface area (Å²) in [7, 11) is 0. The minimum atomic E-state index is -0.0865. The molecule has 0 fully saturated rings. The maximum absolute atomic E-state index is 11.3. The molecule has 1 amide bonds. The third-order valence-corrected chi connectivity index (χ3v) is 2.83. The minimum Gasteiger partial charge on any atom is -0.399 e. The van der Waals surface area contributed by atoms with Crippen molar-refractivity contribution in [3.8, 4) is 0 Å². The van der Waals surface area contributed by atoms with Crippen LogP contribution in [0.15, 0.2) is 22.7 Å². The molecule has 17 heavy (non-hydrogen) atoms. The fraction of sp³-hybridized carbons (Fsp3) is 0.273. The number of carbonyl (C=O) groups excluding carboxylic acids is 1. The van der Waals surface area contributed by atoms with Crippen molar-refractivity contribution in [2.24, 2.45) is 0 Å². The van der Waals surface area contributed by atoms with Crippen LogP contribution in [0, 0.1) is 0 Å². The third-order valence-electron chi connectivity index (χ3n) is 1.97. The molecule has 4 nitrogen and oxygen atoms in total. The first kappa shape index (κ1) is 13.9. The van der Waals surface area contributed by atoms with Gasteiger partial charge in [0.15, 0.2) is 5.11 Å². The van der Waals surface area contributed by atoms with Gasteiger partial charge in [-0.15, -0.1) is 0 Å². The predicted octanol–water partition coefficient (Wildman–Crippen LogP) is 2.64. The van der Waals surface area contributed by atoms with Crippen LogP contribution in [0.2, 0.25) is 0 Å². The molecule has 0 unspecified atom stereocenters. The summed E-state index contributed by atoms with van der Waals surface area (Å²) in [5.41, 5.74) is 7.04. The number of rotatable bonds is 3. The molecule has 0 atom stereocenters. The Morgan fingerprint density at radius 3 is 2.82 bits per heavy atom. The van der Waals surface area contributed by atoms with Crippen LogP contribution >= 0.6 is 28.1 Å². The van der Waals surface area contributed by atoms with E-state index in [1.54, 1.807) is 18.2 Å². The molecule has 1 aromatic rings. The summed E-state index contributed by atoms with van der Waals surface area (Å²) in [6, 6.07) is 5.31. The Labute approximate surface area is 114 Å². The molecule has 92 valence electrons. The van der Waals surface area contributed by atoms with E-state index in [1.807, 2.05) is 6.92 Å². The molecule has 6 heteroatoms. The Bertz CT molecular complexity index is 437. The van der Waals surface area contributed by atoms with Gasteiger partial charge in [0, 0.05) is 16.6 Å². The van der Waals surface area contributed by atoms with E-state index in [0.29, 0.717) is 12.1 Å². The first-order chi connectivity index (χ1) is 8.02. The van der Waals surface area contributed by atoms with E-state index in [2.05, 4.69) is 26.6 Å². The molecule has 0 bridgehead atoms. The maximum atomic E-state index is 11.3. The lowest BCUT2D eigenvalue weighted by molar-refractivity contribution is -0.119. The van der Waals surface area contributed by atoms with Gasteiger partial charge in [-0.1, -0.05) is 6.92 Å². The first-order valence-corrected chi connectivity index (χ1v) is 6.39. The summed E-state index contributed by atoms with van der Waals surface area (Å²) in [5.74, 6) is -0.0865. The number of thiocarbonyl (C=S) groups is 1. The van der Waals surface area contributed by atoms with Gasteiger partial charge in [-0.2, -0.15) is 0 Å². The summed E-state index contributed by atoms with van der Waals surface area (Å²) < 4.78 is 0.796. The van der Waals surface area contributed by atoms with Gasteiger partial charge in [-0.05, 0) is 52.8 Å². The molecule has 0 aliphatic rings. The number of nitrogen functional groups attached to an aromatic ring is 1. The lowest BCUT2D eigenvalue weighted by Crippen LogP contribution is -2.33. The third kappa shape index (κ3) is 4.70. The van der Waals surface area contributed by atoms with Crippen LogP contribution in [0.3, 0.4) is 0 Å². The van der Waals surface area contributed by atoms with Crippen molar-refractivity contribution >= 4 is 50.5 Å². The van der Waals surface area contributed by atoms with Crippen LogP contribution in [-0.2, 0) is 4.79 Å². The van der Waals surface area contributed by atoms with Crippen molar-refractivity contribution < 1.29 is 4.79 Å². The van der Waals surface area contributed by atoms with Gasteiger partial charge >= 0.3 is 0 Å². The average molecular weight is 316 g/mol. The number of hydrogen-bond acceptors (Lipinski definition) is 3. The summed E-state index contributed by atoms with van der Waals surface area (Å²) >= 11 is 8.38. The largest absolute Gasteiger partial charge is 0.399 e. The molecule has 0 aromatic heterocycles. The zero-order chi connectivity index (χ0) is 12.8. The van der Waals surface area contributed by atoms with E-state index < -0.39 is 0 Å². The smallest absolute Gasteiger partial charge is 0.226 e. The fourth-order valence-corrected chi connectivity index (χ4v) is 1.92. The summed E-state index contributed by atoms with van der Waals surface area (Å²) in [4.78, 5) is 11.3. The van der Waals surface area contributed by atoms with E-state index >= 15 is 0 Å². The Hall–Kier alpha value is -1.14. The van der Waals surface area contributed by atoms with E-state index in [1.165, 1.54) is 0 Å². The van der Waals surface area contributed by atoms with Crippen molar-refractivity contribution in [3.63, 3.8) is 0 Å². The van der Waals surface area contributed by atoms with Crippen molar-refractivity contribution in [1.29, 1.82) is 0 Å². The quantitative estimate of drug-likeness (QED) is 0.592. The van der Waals surface area contributed by atoms with Crippen LogP contribution in [0.4, 0.5) is 11.4 Å². The highest BCUT2D eigenvalue weighted by atomic mass is 79.9. The van der Waals surface area contributed by atoms with Crippen LogP contribution in [0.5, 0.6) is 0 Å². The van der Waals surface area contributed by atoms with E-state index in [0.717, 1.165) is 16.6 Å². The molecule has 0 heterocycles. The van der Waals surface area contributed by atoms with Crippen molar-refractivity contribution in [3.05, 3.63) is 22.7 Å². The lowest BCUT2D eigenvalue weighted by atomic mass is 10.3. The fourth-order valence-electron chi connectivity index (χ4n) is 1.20. The molecule has 1 aromatic carbocycles. The summed E-state index contributed by atoms with van der Waals surface area (Å²) in [6.45, 7) is 1.94. The van der Waals surface area contributed by atoms with Crippen LogP contribution in [0.1, 0.15) is 19.8 Å². The standard InChI is InChI=1S/C11H14BrN3OS/c1-2-3-10(16)15-11(17)14-9-5-4-7(13)6-8(9)12/h4-6H,2-3,13H2,1H3,(H2,14,15,16,17). The number of halogens is 1. The van der Waals surface area contributed by atoms with Gasteiger partial charge in [0.1, 0.15) is 0 Å². The highest BCUT2D eigenvalue weighted by Gasteiger charge is 2.05. The molecule has 0 saturated heterocycles. The van der Waals surface area contributed by atoms with Gasteiger partial charge < -0.3 is 16.4 Å². The molecule has 1 rings (SSSR count). The molecule has 0 spiro atoms. The predicted molar refractivity (Wildman–Crippen MR) is 77.8 cm³/mol. The van der Waals surface area contributed by atoms with E-state index in [9.17, 15) is 4.79 Å². The Kier molecular flexibility index (Phi) is 5.37. The molecule has 4 N–H and O–H groups in total. The van der Waals surface area contributed by atoms with Crippen LogP contribution in [-0.4, -0.2) is 11.0 Å². The molecule has 0 aliphatic heterocycles. The maximum Gasteiger partial charge on any atom is 0.226 e. The van der Waals surface area contributed by atoms with Crippen LogP contribution in [0.25, 0.3) is 0 Å². The lowest BCUT2D eigenvalue weighted by Gasteiger charge is -2.11. The number of benzene rings is 1. The number of hydrogen-bond donors (Lipinski definition) is 3. The number of nitrogens with one attached hydrogen (secondary N) is 2. The molecular formula is C11H14BrN3OS. The van der Waals surface area contributed by atoms with Gasteiger partial charge in [0.05, 0.1) is 5.69 Å². The molecule has 0 radical (unpaired) electrons. The van der Waals surface area contributed by atoms with Crippen molar-refractivity contribution in [2.45, 2.75) is 19.8 Å². The highest BCUT2D eigenvalue weighted by molar-refractivity contribution is 9.10. The topological polar surface area (TPSA) is 67.2 Å². The number of carbonyl (C=O) groups is 1. The van der Waals surface area contributed by atoms with Gasteiger partial charge in [-0.3, -0.25) is 4.79 Å². The van der Waals surface area contributed by atoms with Crippen molar-refractivity contribution in [1.82, 2.24) is 5.32 Å². The zero-order valence-electron chi connectivity index (χ0n) is 9.42. The van der Waals surface area contributed by atoms with Crippen molar-refractivity contribution in [2.75, 3.05) is 11.1 Å². The number of nitrogens with two attached hydrogens (primary N) is 1. The second-order valence-electron chi connectivity index (χ2n) is 3.49. The van der Waals surface area contributed by atoms with E-state index in [4.69, 9.17) is 18.0 Å². The van der Waals surface area contributed by atoms with Gasteiger partial charge in [0.2, 0.25) is 5.91 Å². The molecule has 0 saturated carbocycles. The van der Waals surface area contributed by atoms with Gasteiger partial charge in [0.25, 0.3) is 0 Å². The summed E-state index contributed by atoms with van der Waals surface area (Å²) in [6.07, 6.45) is 1.25. The zero-order valence-corrected chi connectivity index (χ0v) is 11.8. The first-order valence-electron chi connectivity index (χ1n) is 5.18. The average Bonchev–Trinajstić information content (AvgIpc) is 2.22. The Balaban J connectivity index is 2.59. The molecular weight excluding hydrogens is 302 g/mol. The Morgan fingerprint density at radius 1 is 1.53 bits per heavy atom. The summed E-state index contributed by atoms with van der Waals surface area (Å²) in [5, 5.41) is 5.81. The minimum absolute atomic E-state index is 0.0865. The molecule has 0 aliphatic carbocycles. The monoisotopic (exact) mass is 315 g/mol. The second-order valence-corrected chi connectivity index (χ2v) is 4.75. The second kappa shape index (κ2) is 6.56. The Morgan fingerprint density at radius 2 is 2.24 bits per heavy atom. The van der Waals surface area contributed by atoms with Gasteiger partial charge in [-0.25, -0.2) is 0 Å².